The standard InChI is InChI=1S/C17H32N4/c1-5-20(6-2)13-8-14-21(7-3)17(15(4)18)16-9-11-19-12-10-16/h9-12,15,17H,5-8,13-14,18H2,1-4H3. The van der Waals surface area contributed by atoms with E-state index in [4.69, 9.17) is 5.73 Å². The molecule has 0 aliphatic rings. The summed E-state index contributed by atoms with van der Waals surface area (Å²) in [6.07, 6.45) is 4.90. The molecule has 2 atom stereocenters. The quantitative estimate of drug-likeness (QED) is 0.720. The molecule has 1 heterocycles. The van der Waals surface area contributed by atoms with E-state index in [-0.39, 0.29) is 12.1 Å². The molecule has 0 spiro atoms. The van der Waals surface area contributed by atoms with E-state index in [9.17, 15) is 0 Å². The minimum Gasteiger partial charge on any atom is -0.326 e. The Morgan fingerprint density at radius 3 is 2.14 bits per heavy atom. The number of likely N-dealkylation sites (N-methyl/N-ethyl adjacent to an activating group) is 1. The molecule has 0 bridgehead atoms. The predicted molar refractivity (Wildman–Crippen MR) is 90.3 cm³/mol. The van der Waals surface area contributed by atoms with E-state index in [0.717, 1.165) is 32.7 Å². The summed E-state index contributed by atoms with van der Waals surface area (Å²) in [5.74, 6) is 0. The predicted octanol–water partition coefficient (Wildman–Crippen LogP) is 2.52. The molecular formula is C17H32N4. The zero-order valence-electron chi connectivity index (χ0n) is 14.1. The van der Waals surface area contributed by atoms with E-state index in [1.165, 1.54) is 12.0 Å². The molecule has 21 heavy (non-hydrogen) atoms. The van der Waals surface area contributed by atoms with Gasteiger partial charge in [0.15, 0.2) is 0 Å². The van der Waals surface area contributed by atoms with Crippen LogP contribution in [0.1, 0.15) is 45.7 Å². The summed E-state index contributed by atoms with van der Waals surface area (Å²) in [5, 5.41) is 0. The summed E-state index contributed by atoms with van der Waals surface area (Å²) < 4.78 is 0. The van der Waals surface area contributed by atoms with Gasteiger partial charge in [0.1, 0.15) is 0 Å². The molecule has 0 aromatic carbocycles. The van der Waals surface area contributed by atoms with Crippen molar-refractivity contribution in [1.82, 2.24) is 14.8 Å². The van der Waals surface area contributed by atoms with Crippen LogP contribution in [0.4, 0.5) is 0 Å². The monoisotopic (exact) mass is 292 g/mol. The zero-order valence-corrected chi connectivity index (χ0v) is 14.1. The molecule has 0 saturated heterocycles. The maximum atomic E-state index is 6.26. The van der Waals surface area contributed by atoms with Crippen molar-refractivity contribution in [3.8, 4) is 0 Å². The zero-order chi connectivity index (χ0) is 15.7. The van der Waals surface area contributed by atoms with Crippen molar-refractivity contribution < 1.29 is 0 Å². The molecule has 2 N–H and O–H groups in total. The van der Waals surface area contributed by atoms with Crippen molar-refractivity contribution in [3.63, 3.8) is 0 Å². The van der Waals surface area contributed by atoms with Gasteiger partial charge in [-0.05, 0) is 57.2 Å². The van der Waals surface area contributed by atoms with Gasteiger partial charge in [-0.1, -0.05) is 20.8 Å². The van der Waals surface area contributed by atoms with Crippen molar-refractivity contribution in [2.75, 3.05) is 32.7 Å². The molecule has 0 amide bonds. The number of nitrogens with zero attached hydrogens (tertiary/aromatic N) is 3. The van der Waals surface area contributed by atoms with E-state index < -0.39 is 0 Å². The maximum absolute atomic E-state index is 6.26. The number of rotatable bonds is 10. The fourth-order valence-electron chi connectivity index (χ4n) is 2.94. The lowest BCUT2D eigenvalue weighted by Crippen LogP contribution is -2.40. The van der Waals surface area contributed by atoms with Crippen molar-refractivity contribution in [1.29, 1.82) is 0 Å². The minimum absolute atomic E-state index is 0.112. The Labute approximate surface area is 130 Å². The van der Waals surface area contributed by atoms with E-state index in [1.54, 1.807) is 0 Å². The minimum atomic E-state index is 0.112. The van der Waals surface area contributed by atoms with Crippen molar-refractivity contribution in [2.24, 2.45) is 5.73 Å². The highest BCUT2D eigenvalue weighted by molar-refractivity contribution is 5.17. The smallest absolute Gasteiger partial charge is 0.0497 e. The van der Waals surface area contributed by atoms with Crippen LogP contribution in [0.3, 0.4) is 0 Å². The third-order valence-electron chi connectivity index (χ3n) is 4.16. The number of aromatic nitrogens is 1. The summed E-state index contributed by atoms with van der Waals surface area (Å²) in [7, 11) is 0. The highest BCUT2D eigenvalue weighted by atomic mass is 15.2. The Bertz CT molecular complexity index is 362. The summed E-state index contributed by atoms with van der Waals surface area (Å²) in [6.45, 7) is 14.3. The van der Waals surface area contributed by atoms with Crippen LogP contribution in [0, 0.1) is 0 Å². The molecule has 120 valence electrons. The van der Waals surface area contributed by atoms with Crippen LogP contribution in [-0.4, -0.2) is 53.5 Å². The first-order valence-corrected chi connectivity index (χ1v) is 8.25. The molecule has 0 radical (unpaired) electrons. The van der Waals surface area contributed by atoms with Gasteiger partial charge in [-0.25, -0.2) is 0 Å². The van der Waals surface area contributed by atoms with Crippen molar-refractivity contribution in [3.05, 3.63) is 30.1 Å². The largest absolute Gasteiger partial charge is 0.326 e. The highest BCUT2D eigenvalue weighted by Gasteiger charge is 2.22. The second kappa shape index (κ2) is 9.87. The first-order valence-electron chi connectivity index (χ1n) is 8.25. The van der Waals surface area contributed by atoms with E-state index in [0.29, 0.717) is 0 Å². The lowest BCUT2D eigenvalue weighted by molar-refractivity contribution is 0.171. The van der Waals surface area contributed by atoms with Crippen LogP contribution >= 0.6 is 0 Å². The van der Waals surface area contributed by atoms with Gasteiger partial charge < -0.3 is 10.6 Å². The molecule has 0 aliphatic carbocycles. The average Bonchev–Trinajstić information content (AvgIpc) is 2.51. The number of nitrogens with two attached hydrogens (primary N) is 1. The van der Waals surface area contributed by atoms with Gasteiger partial charge in [0, 0.05) is 31.0 Å². The first kappa shape index (κ1) is 18.1. The van der Waals surface area contributed by atoms with Gasteiger partial charge in [-0.2, -0.15) is 0 Å². The molecule has 2 unspecified atom stereocenters. The topological polar surface area (TPSA) is 45.4 Å². The Hall–Kier alpha value is -0.970. The van der Waals surface area contributed by atoms with Gasteiger partial charge in [-0.3, -0.25) is 9.88 Å². The number of hydrogen-bond donors (Lipinski definition) is 1. The number of pyridine rings is 1. The third-order valence-corrected chi connectivity index (χ3v) is 4.16. The van der Waals surface area contributed by atoms with E-state index in [1.807, 2.05) is 12.4 Å². The van der Waals surface area contributed by atoms with Gasteiger partial charge >= 0.3 is 0 Å². The van der Waals surface area contributed by atoms with Crippen molar-refractivity contribution in [2.45, 2.75) is 46.2 Å². The molecule has 4 nitrogen and oxygen atoms in total. The average molecular weight is 292 g/mol. The molecule has 0 saturated carbocycles. The van der Waals surface area contributed by atoms with Crippen LogP contribution in [0.15, 0.2) is 24.5 Å². The molecule has 1 rings (SSSR count). The Morgan fingerprint density at radius 1 is 1.05 bits per heavy atom. The van der Waals surface area contributed by atoms with Crippen LogP contribution in [0.5, 0.6) is 0 Å². The van der Waals surface area contributed by atoms with Crippen LogP contribution < -0.4 is 5.73 Å². The highest BCUT2D eigenvalue weighted by Crippen LogP contribution is 2.23. The van der Waals surface area contributed by atoms with Crippen LogP contribution in [0.2, 0.25) is 0 Å². The van der Waals surface area contributed by atoms with Gasteiger partial charge in [0.05, 0.1) is 0 Å². The summed E-state index contributed by atoms with van der Waals surface area (Å²) >= 11 is 0. The normalized spacial score (nSPS) is 14.6. The third kappa shape index (κ3) is 5.73. The molecule has 1 aromatic heterocycles. The summed E-state index contributed by atoms with van der Waals surface area (Å²) in [5.41, 5.74) is 7.52. The fraction of sp³-hybridized carbons (Fsp3) is 0.706. The second-order valence-electron chi connectivity index (χ2n) is 5.59. The molecule has 0 fully saturated rings. The lowest BCUT2D eigenvalue weighted by atomic mass is 10.00. The van der Waals surface area contributed by atoms with Crippen LogP contribution in [0.25, 0.3) is 0 Å². The van der Waals surface area contributed by atoms with Gasteiger partial charge in [0.2, 0.25) is 0 Å². The van der Waals surface area contributed by atoms with Gasteiger partial charge in [-0.15, -0.1) is 0 Å². The van der Waals surface area contributed by atoms with E-state index >= 15 is 0 Å². The molecular weight excluding hydrogens is 260 g/mol. The summed E-state index contributed by atoms with van der Waals surface area (Å²) in [4.78, 5) is 9.08. The van der Waals surface area contributed by atoms with Crippen LogP contribution in [-0.2, 0) is 0 Å². The Morgan fingerprint density at radius 2 is 1.67 bits per heavy atom. The Kier molecular flexibility index (Phi) is 8.50. The van der Waals surface area contributed by atoms with Gasteiger partial charge in [0.25, 0.3) is 0 Å². The second-order valence-corrected chi connectivity index (χ2v) is 5.59. The SMILES string of the molecule is CCN(CC)CCCN(CC)C(c1ccncc1)C(C)N. The fourth-order valence-corrected chi connectivity index (χ4v) is 2.94. The maximum Gasteiger partial charge on any atom is 0.0497 e. The molecule has 4 heteroatoms. The van der Waals surface area contributed by atoms with Crippen molar-refractivity contribution >= 4 is 0 Å². The molecule has 0 aliphatic heterocycles. The molecule has 1 aromatic rings. The lowest BCUT2D eigenvalue weighted by Gasteiger charge is -2.34. The van der Waals surface area contributed by atoms with E-state index in [2.05, 4.69) is 54.6 Å². The summed E-state index contributed by atoms with van der Waals surface area (Å²) in [6, 6.07) is 4.55. The Balaban J connectivity index is 2.66. The first-order chi connectivity index (χ1) is 10.1. The number of hydrogen-bond acceptors (Lipinski definition) is 4.